The molecule has 1 aliphatic heterocycles. The van der Waals surface area contributed by atoms with E-state index in [4.69, 9.17) is 4.98 Å². The molecule has 1 aliphatic carbocycles. The van der Waals surface area contributed by atoms with Gasteiger partial charge >= 0.3 is 0 Å². The summed E-state index contributed by atoms with van der Waals surface area (Å²) in [5.41, 5.74) is 1.68. The minimum Gasteiger partial charge on any atom is -0.359 e. The van der Waals surface area contributed by atoms with Crippen LogP contribution in [0.15, 0.2) is 37.3 Å². The summed E-state index contributed by atoms with van der Waals surface area (Å²) in [5.74, 6) is 2.12. The van der Waals surface area contributed by atoms with Gasteiger partial charge in [0.2, 0.25) is 5.95 Å². The third kappa shape index (κ3) is 2.84. The van der Waals surface area contributed by atoms with E-state index < -0.39 is 0 Å². The molecule has 2 aliphatic rings. The molecule has 3 aromatic rings. The summed E-state index contributed by atoms with van der Waals surface area (Å²) in [4.78, 5) is 38.6. The molecule has 5 rings (SSSR count). The standard InChI is InChI=1S/C21H24N8O/c1-3-16-18(12-30)27(2)17-11-25-21(26-20(17)29(16)15-5-4-6-15)28-8-7-24-19(28)14-9-22-13-23-10-14/h7-13,15-16,18H,3-6H2,1-2H3. The van der Waals surface area contributed by atoms with Crippen molar-refractivity contribution >= 4 is 17.8 Å². The maximum Gasteiger partial charge on any atom is 0.237 e. The van der Waals surface area contributed by atoms with Crippen molar-refractivity contribution in [2.45, 2.75) is 50.7 Å². The Balaban J connectivity index is 1.63. The van der Waals surface area contributed by atoms with E-state index in [0.29, 0.717) is 17.8 Å². The first-order valence-electron chi connectivity index (χ1n) is 10.4. The Hall–Kier alpha value is -3.36. The molecule has 154 valence electrons. The maximum atomic E-state index is 11.9. The summed E-state index contributed by atoms with van der Waals surface area (Å²) in [6.45, 7) is 2.14. The van der Waals surface area contributed by atoms with Crippen LogP contribution in [0, 0.1) is 0 Å². The van der Waals surface area contributed by atoms with Crippen LogP contribution >= 0.6 is 0 Å². The second-order valence-electron chi connectivity index (χ2n) is 7.83. The maximum absolute atomic E-state index is 11.9. The molecule has 4 heterocycles. The van der Waals surface area contributed by atoms with E-state index in [9.17, 15) is 4.79 Å². The summed E-state index contributed by atoms with van der Waals surface area (Å²) >= 11 is 0. The lowest BCUT2D eigenvalue weighted by molar-refractivity contribution is -0.109. The van der Waals surface area contributed by atoms with E-state index in [1.807, 2.05) is 28.9 Å². The molecule has 9 nitrogen and oxygen atoms in total. The monoisotopic (exact) mass is 404 g/mol. The number of likely N-dealkylation sites (N-methyl/N-ethyl adjacent to an activating group) is 1. The van der Waals surface area contributed by atoms with Crippen molar-refractivity contribution in [3.63, 3.8) is 0 Å². The Morgan fingerprint density at radius 3 is 2.63 bits per heavy atom. The smallest absolute Gasteiger partial charge is 0.237 e. The van der Waals surface area contributed by atoms with Crippen LogP contribution in [0.1, 0.15) is 32.6 Å². The third-order valence-corrected chi connectivity index (χ3v) is 6.26. The van der Waals surface area contributed by atoms with Gasteiger partial charge in [0.05, 0.1) is 23.5 Å². The number of fused-ring (bicyclic) bond motifs is 1. The summed E-state index contributed by atoms with van der Waals surface area (Å²) in [6, 6.07) is 0.304. The molecule has 1 fully saturated rings. The van der Waals surface area contributed by atoms with Crippen molar-refractivity contribution in [1.29, 1.82) is 0 Å². The van der Waals surface area contributed by atoms with E-state index in [0.717, 1.165) is 42.6 Å². The lowest BCUT2D eigenvalue weighted by Crippen LogP contribution is -2.60. The second kappa shape index (κ2) is 7.47. The van der Waals surface area contributed by atoms with Gasteiger partial charge in [-0.05, 0) is 25.7 Å². The first-order valence-corrected chi connectivity index (χ1v) is 10.4. The van der Waals surface area contributed by atoms with Crippen LogP contribution in [0.25, 0.3) is 17.3 Å². The number of imidazole rings is 1. The lowest BCUT2D eigenvalue weighted by Gasteiger charge is -2.51. The number of aldehydes is 1. The molecule has 3 aromatic heterocycles. The van der Waals surface area contributed by atoms with Crippen molar-refractivity contribution in [1.82, 2.24) is 29.5 Å². The van der Waals surface area contributed by atoms with Crippen molar-refractivity contribution in [3.05, 3.63) is 37.3 Å². The minimum atomic E-state index is -0.206. The van der Waals surface area contributed by atoms with Crippen LogP contribution in [0.3, 0.4) is 0 Å². The second-order valence-corrected chi connectivity index (χ2v) is 7.83. The van der Waals surface area contributed by atoms with Crippen molar-refractivity contribution < 1.29 is 4.79 Å². The Morgan fingerprint density at radius 2 is 1.97 bits per heavy atom. The van der Waals surface area contributed by atoms with Crippen LogP contribution in [0.5, 0.6) is 0 Å². The van der Waals surface area contributed by atoms with Crippen LogP contribution in [0.2, 0.25) is 0 Å². The number of aromatic nitrogens is 6. The first kappa shape index (κ1) is 18.7. The van der Waals surface area contributed by atoms with Gasteiger partial charge in [-0.2, -0.15) is 4.98 Å². The molecule has 2 unspecified atom stereocenters. The van der Waals surface area contributed by atoms with E-state index in [1.165, 1.54) is 12.7 Å². The average Bonchev–Trinajstić information content (AvgIpc) is 3.24. The minimum absolute atomic E-state index is 0.0952. The van der Waals surface area contributed by atoms with E-state index in [-0.39, 0.29) is 12.1 Å². The molecule has 0 amide bonds. The van der Waals surface area contributed by atoms with Gasteiger partial charge in [0.1, 0.15) is 24.5 Å². The molecule has 0 spiro atoms. The fourth-order valence-corrected chi connectivity index (χ4v) is 4.47. The molecule has 0 N–H and O–H groups in total. The molecular formula is C21H24N8O. The zero-order valence-corrected chi connectivity index (χ0v) is 17.1. The Bertz CT molecular complexity index is 1050. The molecule has 1 saturated carbocycles. The number of hydrogen-bond donors (Lipinski definition) is 0. The Kier molecular flexibility index (Phi) is 4.65. The molecule has 0 radical (unpaired) electrons. The predicted molar refractivity (Wildman–Crippen MR) is 113 cm³/mol. The molecule has 0 saturated heterocycles. The van der Waals surface area contributed by atoms with Gasteiger partial charge in [-0.25, -0.2) is 19.9 Å². The number of anilines is 2. The number of carbonyl (C=O) groups excluding carboxylic acids is 1. The van der Waals surface area contributed by atoms with Crippen LogP contribution in [0.4, 0.5) is 11.5 Å². The van der Waals surface area contributed by atoms with E-state index in [1.54, 1.807) is 18.6 Å². The fraction of sp³-hybridized carbons (Fsp3) is 0.429. The Labute approximate surface area is 174 Å². The van der Waals surface area contributed by atoms with Crippen LogP contribution in [-0.2, 0) is 4.79 Å². The topological polar surface area (TPSA) is 92.9 Å². The quantitative estimate of drug-likeness (QED) is 0.598. The highest BCUT2D eigenvalue weighted by Crippen LogP contribution is 2.42. The van der Waals surface area contributed by atoms with Crippen molar-refractivity contribution in [3.8, 4) is 17.3 Å². The van der Waals surface area contributed by atoms with Gasteiger partial charge in [-0.3, -0.25) is 4.57 Å². The highest BCUT2D eigenvalue weighted by Gasteiger charge is 2.42. The predicted octanol–water partition coefficient (Wildman–Crippen LogP) is 2.27. The highest BCUT2D eigenvalue weighted by molar-refractivity contribution is 5.79. The summed E-state index contributed by atoms with van der Waals surface area (Å²) in [5, 5.41) is 0. The molecule has 2 atom stereocenters. The zero-order valence-electron chi connectivity index (χ0n) is 17.1. The van der Waals surface area contributed by atoms with Crippen molar-refractivity contribution in [2.75, 3.05) is 16.8 Å². The largest absolute Gasteiger partial charge is 0.359 e. The number of carbonyl (C=O) groups is 1. The van der Waals surface area contributed by atoms with Crippen LogP contribution < -0.4 is 9.80 Å². The molecule has 30 heavy (non-hydrogen) atoms. The number of nitrogens with zero attached hydrogens (tertiary/aromatic N) is 8. The normalized spacial score (nSPS) is 21.3. The first-order chi connectivity index (χ1) is 14.7. The van der Waals surface area contributed by atoms with E-state index in [2.05, 4.69) is 31.8 Å². The Morgan fingerprint density at radius 1 is 1.17 bits per heavy atom. The fourth-order valence-electron chi connectivity index (χ4n) is 4.47. The van der Waals surface area contributed by atoms with Gasteiger partial charge in [-0.1, -0.05) is 6.92 Å². The molecule has 0 bridgehead atoms. The third-order valence-electron chi connectivity index (χ3n) is 6.26. The zero-order chi connectivity index (χ0) is 20.7. The SMILES string of the molecule is CCC1C(C=O)N(C)c2cnc(-n3ccnc3-c3cncnc3)nc2N1C1CCC1. The summed E-state index contributed by atoms with van der Waals surface area (Å²) in [6.07, 6.45) is 15.7. The molecule has 9 heteroatoms. The molecule has 0 aromatic carbocycles. The van der Waals surface area contributed by atoms with Gasteiger partial charge in [0, 0.05) is 37.9 Å². The van der Waals surface area contributed by atoms with Gasteiger partial charge < -0.3 is 14.6 Å². The van der Waals surface area contributed by atoms with Gasteiger partial charge in [-0.15, -0.1) is 0 Å². The average molecular weight is 404 g/mol. The van der Waals surface area contributed by atoms with Crippen molar-refractivity contribution in [2.24, 2.45) is 0 Å². The summed E-state index contributed by atoms with van der Waals surface area (Å²) in [7, 11) is 1.95. The number of hydrogen-bond acceptors (Lipinski definition) is 8. The van der Waals surface area contributed by atoms with Gasteiger partial charge in [0.15, 0.2) is 5.82 Å². The van der Waals surface area contributed by atoms with Crippen LogP contribution in [-0.4, -0.2) is 60.9 Å². The number of rotatable bonds is 5. The summed E-state index contributed by atoms with van der Waals surface area (Å²) < 4.78 is 1.85. The lowest BCUT2D eigenvalue weighted by atomic mass is 9.87. The van der Waals surface area contributed by atoms with E-state index >= 15 is 0 Å². The van der Waals surface area contributed by atoms with Gasteiger partial charge in [0.25, 0.3) is 0 Å². The molecular weight excluding hydrogens is 380 g/mol. The highest BCUT2D eigenvalue weighted by atomic mass is 16.1.